The van der Waals surface area contributed by atoms with Crippen molar-refractivity contribution in [1.29, 1.82) is 0 Å². The van der Waals surface area contributed by atoms with E-state index in [4.69, 9.17) is 21.1 Å². The first-order valence-corrected chi connectivity index (χ1v) is 10.5. The predicted octanol–water partition coefficient (Wildman–Crippen LogP) is 1.000. The number of esters is 1. The van der Waals surface area contributed by atoms with E-state index in [1.165, 1.54) is 23.5 Å². The van der Waals surface area contributed by atoms with Gasteiger partial charge in [-0.2, -0.15) is 4.31 Å². The third-order valence-electron chi connectivity index (χ3n) is 3.67. The Bertz CT molecular complexity index is 841. The zero-order valence-electron chi connectivity index (χ0n) is 16.4. The summed E-state index contributed by atoms with van der Waals surface area (Å²) in [5.74, 6) is -1.79. The average Bonchev–Trinajstić information content (AvgIpc) is 2.67. The quantitative estimate of drug-likeness (QED) is 0.402. The van der Waals surface area contributed by atoms with E-state index in [1.807, 2.05) is 5.32 Å². The molecule has 0 bridgehead atoms. The Kier molecular flexibility index (Phi) is 10.0. The molecule has 10 nitrogen and oxygen atoms in total. The highest BCUT2D eigenvalue weighted by molar-refractivity contribution is 7.89. The van der Waals surface area contributed by atoms with Crippen molar-refractivity contribution in [3.8, 4) is 0 Å². The first-order chi connectivity index (χ1) is 13.7. The number of methoxy groups -OCH3 is 1. The number of rotatable bonds is 10. The summed E-state index contributed by atoms with van der Waals surface area (Å²) in [6.07, 6.45) is 0. The van der Waals surface area contributed by atoms with Gasteiger partial charge in [-0.1, -0.05) is 25.4 Å². The van der Waals surface area contributed by atoms with Crippen molar-refractivity contribution in [2.75, 3.05) is 40.0 Å². The Balaban J connectivity index is 2.79. The summed E-state index contributed by atoms with van der Waals surface area (Å²) in [5.41, 5.74) is -0.0996. The van der Waals surface area contributed by atoms with Crippen molar-refractivity contribution < 1.29 is 32.3 Å². The number of halogens is 1. The van der Waals surface area contributed by atoms with Gasteiger partial charge in [0.25, 0.3) is 5.91 Å². The summed E-state index contributed by atoms with van der Waals surface area (Å²) >= 11 is 6.00. The predicted molar refractivity (Wildman–Crippen MR) is 105 cm³/mol. The fourth-order valence-corrected chi connectivity index (χ4v) is 4.18. The standard InChI is InChI=1S/C17H24ClN3O7S/c1-4-21(5-2)29(25,26)14-10-12(6-7-13(14)18)16(23)28-11-15(22)20-17(24)19-8-9-27-3/h6-7,10H,4-5,8-9,11H2,1-3H3,(H2,19,20,22,24). The van der Waals surface area contributed by atoms with Crippen molar-refractivity contribution in [2.45, 2.75) is 18.7 Å². The molecule has 12 heteroatoms. The Labute approximate surface area is 174 Å². The van der Waals surface area contributed by atoms with E-state index >= 15 is 0 Å². The molecule has 0 fully saturated rings. The highest BCUT2D eigenvalue weighted by atomic mass is 35.5. The van der Waals surface area contributed by atoms with Crippen LogP contribution in [0.15, 0.2) is 23.1 Å². The lowest BCUT2D eigenvalue weighted by Gasteiger charge is -2.19. The van der Waals surface area contributed by atoms with Gasteiger partial charge in [0.05, 0.1) is 17.2 Å². The van der Waals surface area contributed by atoms with Crippen LogP contribution in [-0.4, -0.2) is 70.6 Å². The number of nitrogens with one attached hydrogen (secondary N) is 2. The molecule has 0 saturated heterocycles. The van der Waals surface area contributed by atoms with Crippen LogP contribution in [0.1, 0.15) is 24.2 Å². The molecular formula is C17H24ClN3O7S. The van der Waals surface area contributed by atoms with Crippen LogP contribution in [-0.2, 0) is 24.3 Å². The van der Waals surface area contributed by atoms with E-state index in [9.17, 15) is 22.8 Å². The maximum Gasteiger partial charge on any atom is 0.338 e. The molecule has 29 heavy (non-hydrogen) atoms. The van der Waals surface area contributed by atoms with Crippen molar-refractivity contribution in [3.05, 3.63) is 28.8 Å². The maximum absolute atomic E-state index is 12.7. The van der Waals surface area contributed by atoms with E-state index in [-0.39, 0.29) is 41.7 Å². The Morgan fingerprint density at radius 3 is 2.41 bits per heavy atom. The molecule has 0 atom stereocenters. The van der Waals surface area contributed by atoms with Gasteiger partial charge in [-0.25, -0.2) is 18.0 Å². The van der Waals surface area contributed by atoms with E-state index in [1.54, 1.807) is 13.8 Å². The number of imide groups is 1. The van der Waals surface area contributed by atoms with Gasteiger partial charge in [-0.05, 0) is 18.2 Å². The molecule has 1 aromatic carbocycles. The van der Waals surface area contributed by atoms with Crippen LogP contribution in [0.3, 0.4) is 0 Å². The number of hydrogen-bond donors (Lipinski definition) is 2. The molecule has 2 N–H and O–H groups in total. The molecular weight excluding hydrogens is 426 g/mol. The molecule has 0 saturated carbocycles. The number of sulfonamides is 1. The number of hydrogen-bond acceptors (Lipinski definition) is 7. The molecule has 0 radical (unpaired) electrons. The fraction of sp³-hybridized carbons (Fsp3) is 0.471. The third kappa shape index (κ3) is 7.28. The number of carbonyl (C=O) groups is 3. The van der Waals surface area contributed by atoms with Gasteiger partial charge in [0.15, 0.2) is 6.61 Å². The number of benzene rings is 1. The van der Waals surface area contributed by atoms with E-state index in [2.05, 4.69) is 5.32 Å². The van der Waals surface area contributed by atoms with Crippen LogP contribution >= 0.6 is 11.6 Å². The Hall–Kier alpha value is -2.21. The van der Waals surface area contributed by atoms with Crippen molar-refractivity contribution in [3.63, 3.8) is 0 Å². The van der Waals surface area contributed by atoms with E-state index in [0.29, 0.717) is 0 Å². The van der Waals surface area contributed by atoms with E-state index in [0.717, 1.165) is 6.07 Å². The highest BCUT2D eigenvalue weighted by Gasteiger charge is 2.26. The van der Waals surface area contributed by atoms with E-state index < -0.39 is 34.5 Å². The summed E-state index contributed by atoms with van der Waals surface area (Å²) in [6, 6.07) is 2.87. The number of amides is 3. The number of nitrogens with zero attached hydrogens (tertiary/aromatic N) is 1. The minimum Gasteiger partial charge on any atom is -0.452 e. The molecule has 1 aromatic rings. The van der Waals surface area contributed by atoms with Gasteiger partial charge in [-0.3, -0.25) is 10.1 Å². The van der Waals surface area contributed by atoms with Crippen LogP contribution in [0.25, 0.3) is 0 Å². The first kappa shape index (κ1) is 24.8. The van der Waals surface area contributed by atoms with Crippen LogP contribution < -0.4 is 10.6 Å². The second kappa shape index (κ2) is 11.7. The molecule has 1 rings (SSSR count). The van der Waals surface area contributed by atoms with Crippen LogP contribution in [0, 0.1) is 0 Å². The molecule has 162 valence electrons. The van der Waals surface area contributed by atoms with Gasteiger partial charge in [0.2, 0.25) is 10.0 Å². The number of urea groups is 1. The first-order valence-electron chi connectivity index (χ1n) is 8.70. The largest absolute Gasteiger partial charge is 0.452 e. The second-order valence-electron chi connectivity index (χ2n) is 5.61. The highest BCUT2D eigenvalue weighted by Crippen LogP contribution is 2.26. The van der Waals surface area contributed by atoms with Crippen LogP contribution in [0.5, 0.6) is 0 Å². The normalized spacial score (nSPS) is 11.2. The summed E-state index contributed by atoms with van der Waals surface area (Å²) < 4.78 is 36.1. The molecule has 0 aromatic heterocycles. The summed E-state index contributed by atoms with van der Waals surface area (Å²) in [4.78, 5) is 35.0. The lowest BCUT2D eigenvalue weighted by molar-refractivity contribution is -0.123. The topological polar surface area (TPSA) is 131 Å². The summed E-state index contributed by atoms with van der Waals surface area (Å²) in [7, 11) is -2.44. The zero-order valence-corrected chi connectivity index (χ0v) is 17.9. The lowest BCUT2D eigenvalue weighted by Crippen LogP contribution is -2.42. The third-order valence-corrected chi connectivity index (χ3v) is 6.20. The second-order valence-corrected chi connectivity index (χ2v) is 7.92. The molecule has 0 aliphatic rings. The van der Waals surface area contributed by atoms with Crippen LogP contribution in [0.4, 0.5) is 4.79 Å². The number of ether oxygens (including phenoxy) is 2. The molecule has 0 spiro atoms. The van der Waals surface area contributed by atoms with Crippen molar-refractivity contribution >= 4 is 39.5 Å². The maximum atomic E-state index is 12.7. The average molecular weight is 450 g/mol. The lowest BCUT2D eigenvalue weighted by atomic mass is 10.2. The Morgan fingerprint density at radius 2 is 1.83 bits per heavy atom. The fourth-order valence-electron chi connectivity index (χ4n) is 2.22. The SMILES string of the molecule is CCN(CC)S(=O)(=O)c1cc(C(=O)OCC(=O)NC(=O)NCCOC)ccc1Cl. The molecule has 0 unspecified atom stereocenters. The van der Waals surface area contributed by atoms with Crippen LogP contribution in [0.2, 0.25) is 5.02 Å². The van der Waals surface area contributed by atoms with Gasteiger partial charge in [0.1, 0.15) is 4.90 Å². The van der Waals surface area contributed by atoms with Crippen molar-refractivity contribution in [2.24, 2.45) is 0 Å². The minimum atomic E-state index is -3.90. The summed E-state index contributed by atoms with van der Waals surface area (Å²) in [6.45, 7) is 3.56. The Morgan fingerprint density at radius 1 is 1.17 bits per heavy atom. The zero-order chi connectivity index (χ0) is 22.0. The van der Waals surface area contributed by atoms with Gasteiger partial charge < -0.3 is 14.8 Å². The smallest absolute Gasteiger partial charge is 0.338 e. The summed E-state index contributed by atoms with van der Waals surface area (Å²) in [5, 5.41) is 4.30. The molecule has 0 heterocycles. The minimum absolute atomic E-state index is 0.0427. The monoisotopic (exact) mass is 449 g/mol. The number of carbonyl (C=O) groups excluding carboxylic acids is 3. The van der Waals surface area contributed by atoms with Gasteiger partial charge in [0, 0.05) is 26.7 Å². The molecule has 0 aliphatic heterocycles. The molecule has 0 aliphatic carbocycles. The van der Waals surface area contributed by atoms with Gasteiger partial charge in [-0.15, -0.1) is 0 Å². The van der Waals surface area contributed by atoms with Crippen molar-refractivity contribution in [1.82, 2.24) is 14.9 Å². The van der Waals surface area contributed by atoms with Gasteiger partial charge >= 0.3 is 12.0 Å². The molecule has 3 amide bonds.